The molecular formula is C18H18ClN3O3. The topological polar surface area (TPSA) is 76.3 Å². The molecule has 0 amide bonds. The van der Waals surface area contributed by atoms with Crippen LogP contribution in [0.25, 0.3) is 16.6 Å². The lowest BCUT2D eigenvalue weighted by atomic mass is 10.1. The fraction of sp³-hybridized carbons (Fsp3) is 0.222. The Hall–Kier alpha value is -2.57. The largest absolute Gasteiger partial charge is 0.395 e. The normalized spacial score (nSPS) is 11.0. The third kappa shape index (κ3) is 2.94. The van der Waals surface area contributed by atoms with E-state index in [0.717, 1.165) is 10.1 Å². The molecule has 0 saturated carbocycles. The maximum absolute atomic E-state index is 13.2. The standard InChI is InChI=1S/C18H18ClN3O3/c1-11-6-7-14(20-8-9-23)15-16(11)21(2)18(25)22(17(15)24)13-5-3-4-12(19)10-13/h3-7,10,20,23H,8-9H2,1-2H3. The van der Waals surface area contributed by atoms with Crippen LogP contribution < -0.4 is 16.6 Å². The SMILES string of the molecule is Cc1ccc(NCCO)c2c(=O)n(-c3cccc(Cl)c3)c(=O)n(C)c12. The van der Waals surface area contributed by atoms with Gasteiger partial charge in [0.15, 0.2) is 0 Å². The van der Waals surface area contributed by atoms with Crippen LogP contribution in [0.5, 0.6) is 0 Å². The Morgan fingerprint density at radius 2 is 1.96 bits per heavy atom. The van der Waals surface area contributed by atoms with Crippen LogP contribution in [0.15, 0.2) is 46.0 Å². The highest BCUT2D eigenvalue weighted by molar-refractivity contribution is 6.30. The number of benzene rings is 2. The predicted octanol–water partition coefficient (Wildman–Crippen LogP) is 2.06. The summed E-state index contributed by atoms with van der Waals surface area (Å²) < 4.78 is 2.56. The van der Waals surface area contributed by atoms with Crippen LogP contribution in [0.3, 0.4) is 0 Å². The Kier molecular flexibility index (Phi) is 4.65. The van der Waals surface area contributed by atoms with Gasteiger partial charge in [-0.25, -0.2) is 9.36 Å². The van der Waals surface area contributed by atoms with E-state index < -0.39 is 11.2 Å². The Morgan fingerprint density at radius 3 is 2.64 bits per heavy atom. The maximum Gasteiger partial charge on any atom is 0.335 e. The summed E-state index contributed by atoms with van der Waals surface area (Å²) >= 11 is 6.02. The average Bonchev–Trinajstić information content (AvgIpc) is 2.59. The fourth-order valence-electron chi connectivity index (χ4n) is 2.97. The van der Waals surface area contributed by atoms with E-state index in [1.54, 1.807) is 37.4 Å². The smallest absolute Gasteiger partial charge is 0.335 e. The van der Waals surface area contributed by atoms with E-state index in [9.17, 15) is 9.59 Å². The highest BCUT2D eigenvalue weighted by atomic mass is 35.5. The summed E-state index contributed by atoms with van der Waals surface area (Å²) in [5.41, 5.74) is 1.50. The number of anilines is 1. The van der Waals surface area contributed by atoms with Crippen LogP contribution in [-0.4, -0.2) is 27.4 Å². The Bertz CT molecular complexity index is 1070. The molecule has 0 unspecified atom stereocenters. The molecule has 6 nitrogen and oxygen atoms in total. The minimum Gasteiger partial charge on any atom is -0.395 e. The van der Waals surface area contributed by atoms with Crippen molar-refractivity contribution in [1.82, 2.24) is 9.13 Å². The van der Waals surface area contributed by atoms with Crippen LogP contribution in [0.4, 0.5) is 5.69 Å². The number of aliphatic hydroxyl groups is 1. The lowest BCUT2D eigenvalue weighted by molar-refractivity contribution is 0.311. The molecule has 0 spiro atoms. The van der Waals surface area contributed by atoms with E-state index in [1.807, 2.05) is 13.0 Å². The molecule has 0 fully saturated rings. The number of nitrogens with zero attached hydrogens (tertiary/aromatic N) is 2. The maximum atomic E-state index is 13.2. The number of nitrogens with one attached hydrogen (secondary N) is 1. The third-order valence-corrected chi connectivity index (χ3v) is 4.34. The zero-order chi connectivity index (χ0) is 18.1. The number of halogens is 1. The number of aromatic nitrogens is 2. The van der Waals surface area contributed by atoms with Crippen molar-refractivity contribution in [2.45, 2.75) is 6.92 Å². The zero-order valence-electron chi connectivity index (χ0n) is 13.9. The van der Waals surface area contributed by atoms with Gasteiger partial charge in [-0.05, 0) is 36.8 Å². The van der Waals surface area contributed by atoms with Gasteiger partial charge >= 0.3 is 5.69 Å². The van der Waals surface area contributed by atoms with E-state index in [4.69, 9.17) is 16.7 Å². The van der Waals surface area contributed by atoms with E-state index in [0.29, 0.717) is 33.8 Å². The summed E-state index contributed by atoms with van der Waals surface area (Å²) in [7, 11) is 1.63. The van der Waals surface area contributed by atoms with Gasteiger partial charge in [0.05, 0.1) is 23.2 Å². The molecule has 0 bridgehead atoms. The van der Waals surface area contributed by atoms with Crippen LogP contribution in [-0.2, 0) is 7.05 Å². The first kappa shape index (κ1) is 17.3. The van der Waals surface area contributed by atoms with Crippen LogP contribution in [0.2, 0.25) is 5.02 Å². The molecule has 0 atom stereocenters. The van der Waals surface area contributed by atoms with Crippen molar-refractivity contribution in [1.29, 1.82) is 0 Å². The van der Waals surface area contributed by atoms with Gasteiger partial charge in [0.1, 0.15) is 0 Å². The molecule has 1 heterocycles. The van der Waals surface area contributed by atoms with E-state index in [-0.39, 0.29) is 6.61 Å². The zero-order valence-corrected chi connectivity index (χ0v) is 14.7. The number of hydrogen-bond acceptors (Lipinski definition) is 4. The second-order valence-corrected chi connectivity index (χ2v) is 6.20. The highest BCUT2D eigenvalue weighted by Crippen LogP contribution is 2.23. The van der Waals surface area contributed by atoms with Crippen molar-refractivity contribution < 1.29 is 5.11 Å². The summed E-state index contributed by atoms with van der Waals surface area (Å²) in [6.07, 6.45) is 0. The van der Waals surface area contributed by atoms with Gasteiger partial charge in [-0.1, -0.05) is 23.7 Å². The molecule has 0 saturated heterocycles. The van der Waals surface area contributed by atoms with Crippen molar-refractivity contribution in [3.8, 4) is 5.69 Å². The summed E-state index contributed by atoms with van der Waals surface area (Å²) in [5.74, 6) is 0. The van der Waals surface area contributed by atoms with Crippen molar-refractivity contribution >= 4 is 28.2 Å². The molecule has 0 radical (unpaired) electrons. The highest BCUT2D eigenvalue weighted by Gasteiger charge is 2.17. The van der Waals surface area contributed by atoms with Crippen LogP contribution in [0.1, 0.15) is 5.56 Å². The molecule has 7 heteroatoms. The molecular weight excluding hydrogens is 342 g/mol. The van der Waals surface area contributed by atoms with Crippen molar-refractivity contribution in [3.63, 3.8) is 0 Å². The molecule has 0 aliphatic heterocycles. The van der Waals surface area contributed by atoms with Crippen LogP contribution >= 0.6 is 11.6 Å². The summed E-state index contributed by atoms with van der Waals surface area (Å²) in [6.45, 7) is 2.09. The molecule has 0 aliphatic rings. The van der Waals surface area contributed by atoms with Gasteiger partial charge < -0.3 is 10.4 Å². The fourth-order valence-corrected chi connectivity index (χ4v) is 3.15. The minimum absolute atomic E-state index is 0.0659. The van der Waals surface area contributed by atoms with Gasteiger partial charge in [0.25, 0.3) is 5.56 Å². The first-order chi connectivity index (χ1) is 12.0. The van der Waals surface area contributed by atoms with Gasteiger partial charge in [-0.15, -0.1) is 0 Å². The second kappa shape index (κ2) is 6.74. The average molecular weight is 360 g/mol. The number of hydrogen-bond donors (Lipinski definition) is 2. The molecule has 25 heavy (non-hydrogen) atoms. The first-order valence-electron chi connectivity index (χ1n) is 7.81. The summed E-state index contributed by atoms with van der Waals surface area (Å²) in [6, 6.07) is 10.2. The molecule has 1 aromatic heterocycles. The predicted molar refractivity (Wildman–Crippen MR) is 100 cm³/mol. The lowest BCUT2D eigenvalue weighted by Gasteiger charge is -2.16. The lowest BCUT2D eigenvalue weighted by Crippen LogP contribution is -2.38. The first-order valence-corrected chi connectivity index (χ1v) is 8.19. The Morgan fingerprint density at radius 1 is 1.20 bits per heavy atom. The summed E-state index contributed by atoms with van der Waals surface area (Å²) in [5, 5.41) is 12.9. The number of aliphatic hydroxyl groups excluding tert-OH is 1. The van der Waals surface area contributed by atoms with Gasteiger partial charge in [-0.3, -0.25) is 9.36 Å². The molecule has 2 N–H and O–H groups in total. The Labute approximate surface area is 148 Å². The minimum atomic E-state index is -0.442. The van der Waals surface area contributed by atoms with Crippen molar-refractivity contribution in [2.75, 3.05) is 18.5 Å². The van der Waals surface area contributed by atoms with Crippen molar-refractivity contribution in [2.24, 2.45) is 7.05 Å². The third-order valence-electron chi connectivity index (χ3n) is 4.10. The van der Waals surface area contributed by atoms with E-state index in [1.165, 1.54) is 4.57 Å². The van der Waals surface area contributed by atoms with Gasteiger partial charge in [0.2, 0.25) is 0 Å². The molecule has 2 aromatic carbocycles. The van der Waals surface area contributed by atoms with Gasteiger partial charge in [0, 0.05) is 24.3 Å². The number of rotatable bonds is 4. The Balaban J connectivity index is 2.45. The molecule has 3 aromatic rings. The quantitative estimate of drug-likeness (QED) is 0.747. The summed E-state index contributed by atoms with van der Waals surface area (Å²) in [4.78, 5) is 26.0. The van der Waals surface area contributed by atoms with Gasteiger partial charge in [-0.2, -0.15) is 0 Å². The second-order valence-electron chi connectivity index (χ2n) is 5.77. The number of fused-ring (bicyclic) bond motifs is 1. The molecule has 0 aliphatic carbocycles. The van der Waals surface area contributed by atoms with E-state index in [2.05, 4.69) is 5.32 Å². The molecule has 130 valence electrons. The molecule has 3 rings (SSSR count). The number of aryl methyl sites for hydroxylation is 2. The monoisotopic (exact) mass is 359 g/mol. The van der Waals surface area contributed by atoms with Crippen molar-refractivity contribution in [3.05, 3.63) is 67.8 Å². The van der Waals surface area contributed by atoms with E-state index >= 15 is 0 Å². The van der Waals surface area contributed by atoms with Crippen LogP contribution in [0, 0.1) is 6.92 Å².